The van der Waals surface area contributed by atoms with Gasteiger partial charge in [-0.25, -0.2) is 4.39 Å². The lowest BCUT2D eigenvalue weighted by atomic mass is 9.96. The van der Waals surface area contributed by atoms with E-state index in [0.717, 1.165) is 12.1 Å². The normalized spacial score (nSPS) is 13.3. The van der Waals surface area contributed by atoms with Gasteiger partial charge in [-0.05, 0) is 63.8 Å². The topological polar surface area (TPSA) is 20.2 Å². The molecule has 0 saturated carbocycles. The Labute approximate surface area is 127 Å². The average Bonchev–Trinajstić information content (AvgIpc) is 2.40. The molecule has 6 heteroatoms. The molecule has 0 saturated heterocycles. The number of hydrogen-bond acceptors (Lipinski definition) is 1. The molecule has 21 heavy (non-hydrogen) atoms. The second-order valence-corrected chi connectivity index (χ2v) is 5.50. The second kappa shape index (κ2) is 5.77. The molecule has 1 atom stereocenters. The van der Waals surface area contributed by atoms with Gasteiger partial charge in [0.2, 0.25) is 0 Å². The van der Waals surface area contributed by atoms with Gasteiger partial charge in [0.05, 0.1) is 10.0 Å². The minimum atomic E-state index is -4.42. The summed E-state index contributed by atoms with van der Waals surface area (Å²) in [4.78, 5) is 0. The van der Waals surface area contributed by atoms with E-state index in [9.17, 15) is 22.7 Å². The third kappa shape index (κ3) is 3.44. The van der Waals surface area contributed by atoms with Crippen molar-refractivity contribution in [1.29, 1.82) is 0 Å². The van der Waals surface area contributed by atoms with Crippen LogP contribution in [0.3, 0.4) is 0 Å². The summed E-state index contributed by atoms with van der Waals surface area (Å²) in [6.07, 6.45) is -5.54. The smallest absolute Gasteiger partial charge is 0.384 e. The van der Waals surface area contributed by atoms with Crippen LogP contribution in [-0.4, -0.2) is 5.11 Å². The molecule has 0 aliphatic heterocycles. The molecule has 0 aliphatic carbocycles. The first-order valence-electron chi connectivity index (χ1n) is 6.01. The van der Waals surface area contributed by atoms with E-state index in [-0.39, 0.29) is 4.47 Å². The summed E-state index contributed by atoms with van der Waals surface area (Å²) in [5.41, 5.74) is 0.293. The fourth-order valence-electron chi connectivity index (χ4n) is 2.02. The summed E-state index contributed by atoms with van der Waals surface area (Å²) < 4.78 is 51.2. The van der Waals surface area contributed by atoms with Crippen LogP contribution in [0.2, 0.25) is 0 Å². The Balaban J connectivity index is 2.39. The number of rotatable bonds is 2. The molecule has 0 aromatic heterocycles. The molecule has 0 aliphatic rings. The highest BCUT2D eigenvalue weighted by atomic mass is 79.9. The van der Waals surface area contributed by atoms with Crippen molar-refractivity contribution in [2.45, 2.75) is 19.2 Å². The molecule has 0 fully saturated rings. The number of halogens is 5. The van der Waals surface area contributed by atoms with Crippen LogP contribution in [0.15, 0.2) is 40.9 Å². The maximum Gasteiger partial charge on any atom is 0.416 e. The third-order valence-corrected chi connectivity index (χ3v) is 3.76. The molecule has 0 heterocycles. The molecule has 112 valence electrons. The van der Waals surface area contributed by atoms with Crippen molar-refractivity contribution in [3.8, 4) is 0 Å². The van der Waals surface area contributed by atoms with Crippen molar-refractivity contribution >= 4 is 15.9 Å². The third-order valence-electron chi connectivity index (χ3n) is 3.15. The lowest BCUT2D eigenvalue weighted by Gasteiger charge is -2.16. The molecule has 2 rings (SSSR count). The number of benzene rings is 2. The first-order chi connectivity index (χ1) is 9.70. The Hall–Kier alpha value is -1.40. The maximum atomic E-state index is 13.2. The molecule has 1 nitrogen and oxygen atoms in total. The zero-order valence-corrected chi connectivity index (χ0v) is 12.5. The molecular weight excluding hydrogens is 352 g/mol. The maximum absolute atomic E-state index is 13.2. The first-order valence-corrected chi connectivity index (χ1v) is 6.80. The predicted molar refractivity (Wildman–Crippen MR) is 74.3 cm³/mol. The van der Waals surface area contributed by atoms with Crippen LogP contribution >= 0.6 is 15.9 Å². The summed E-state index contributed by atoms with van der Waals surface area (Å²) in [6.45, 7) is 1.49. The Kier molecular flexibility index (Phi) is 4.39. The first kappa shape index (κ1) is 16.0. The SMILES string of the molecule is Cc1cc(C(F)(F)F)ccc1C(O)c1ccc(F)c(Br)c1. The van der Waals surface area contributed by atoms with E-state index in [1.54, 1.807) is 0 Å². The lowest BCUT2D eigenvalue weighted by Crippen LogP contribution is -2.08. The number of aliphatic hydroxyl groups is 1. The zero-order valence-electron chi connectivity index (χ0n) is 10.9. The van der Waals surface area contributed by atoms with E-state index in [2.05, 4.69) is 15.9 Å². The Morgan fingerprint density at radius 2 is 1.76 bits per heavy atom. The second-order valence-electron chi connectivity index (χ2n) is 4.65. The van der Waals surface area contributed by atoms with E-state index >= 15 is 0 Å². The van der Waals surface area contributed by atoms with Crippen LogP contribution in [0.4, 0.5) is 17.6 Å². The van der Waals surface area contributed by atoms with E-state index in [0.29, 0.717) is 16.7 Å². The van der Waals surface area contributed by atoms with Crippen molar-refractivity contribution in [2.24, 2.45) is 0 Å². The van der Waals surface area contributed by atoms with Gasteiger partial charge in [-0.2, -0.15) is 13.2 Å². The molecule has 1 unspecified atom stereocenters. The van der Waals surface area contributed by atoms with Crippen molar-refractivity contribution in [3.63, 3.8) is 0 Å². The van der Waals surface area contributed by atoms with Gasteiger partial charge < -0.3 is 5.11 Å². The zero-order chi connectivity index (χ0) is 15.8. The average molecular weight is 363 g/mol. The molecular formula is C15H11BrF4O. The number of aryl methyl sites for hydroxylation is 1. The number of hydrogen-bond donors (Lipinski definition) is 1. The van der Waals surface area contributed by atoms with Gasteiger partial charge in [0, 0.05) is 0 Å². The van der Waals surface area contributed by atoms with Crippen LogP contribution in [0.5, 0.6) is 0 Å². The van der Waals surface area contributed by atoms with Crippen molar-refractivity contribution in [2.75, 3.05) is 0 Å². The van der Waals surface area contributed by atoms with Crippen LogP contribution in [0, 0.1) is 12.7 Å². The molecule has 2 aromatic carbocycles. The summed E-state index contributed by atoms with van der Waals surface area (Å²) in [7, 11) is 0. The molecule has 0 bridgehead atoms. The summed E-state index contributed by atoms with van der Waals surface area (Å²) in [6, 6.07) is 7.11. The predicted octanol–water partition coefficient (Wildman–Crippen LogP) is 5.00. The largest absolute Gasteiger partial charge is 0.416 e. The molecule has 0 spiro atoms. The number of aliphatic hydroxyl groups excluding tert-OH is 1. The Morgan fingerprint density at radius 3 is 2.29 bits per heavy atom. The molecule has 0 amide bonds. The van der Waals surface area contributed by atoms with Gasteiger partial charge in [-0.3, -0.25) is 0 Å². The monoisotopic (exact) mass is 362 g/mol. The van der Waals surface area contributed by atoms with E-state index in [4.69, 9.17) is 0 Å². The van der Waals surface area contributed by atoms with Gasteiger partial charge in [-0.15, -0.1) is 0 Å². The van der Waals surface area contributed by atoms with E-state index < -0.39 is 23.7 Å². The van der Waals surface area contributed by atoms with E-state index in [1.165, 1.54) is 31.2 Å². The van der Waals surface area contributed by atoms with Gasteiger partial charge in [-0.1, -0.05) is 12.1 Å². The highest BCUT2D eigenvalue weighted by Crippen LogP contribution is 2.33. The summed E-state index contributed by atoms with van der Waals surface area (Å²) >= 11 is 3.01. The van der Waals surface area contributed by atoms with Gasteiger partial charge >= 0.3 is 6.18 Å². The molecule has 1 N–H and O–H groups in total. The quantitative estimate of drug-likeness (QED) is 0.745. The fraction of sp³-hybridized carbons (Fsp3) is 0.200. The summed E-state index contributed by atoms with van der Waals surface area (Å²) in [5, 5.41) is 10.3. The van der Waals surface area contributed by atoms with Crippen LogP contribution in [0.25, 0.3) is 0 Å². The van der Waals surface area contributed by atoms with Crippen LogP contribution in [0.1, 0.15) is 28.4 Å². The van der Waals surface area contributed by atoms with E-state index in [1.807, 2.05) is 0 Å². The Morgan fingerprint density at radius 1 is 1.10 bits per heavy atom. The minimum Gasteiger partial charge on any atom is -0.384 e. The summed E-state index contributed by atoms with van der Waals surface area (Å²) in [5.74, 6) is -0.477. The molecule has 2 aromatic rings. The van der Waals surface area contributed by atoms with Crippen LogP contribution in [-0.2, 0) is 6.18 Å². The van der Waals surface area contributed by atoms with Crippen molar-refractivity contribution in [1.82, 2.24) is 0 Å². The van der Waals surface area contributed by atoms with Crippen LogP contribution < -0.4 is 0 Å². The standard InChI is InChI=1S/C15H11BrF4O/c1-8-6-10(15(18,19)20)3-4-11(8)14(21)9-2-5-13(17)12(16)7-9/h2-7,14,21H,1H3. The van der Waals surface area contributed by atoms with Gasteiger partial charge in [0.15, 0.2) is 0 Å². The molecule has 0 radical (unpaired) electrons. The van der Waals surface area contributed by atoms with Gasteiger partial charge in [0.1, 0.15) is 11.9 Å². The highest BCUT2D eigenvalue weighted by molar-refractivity contribution is 9.10. The van der Waals surface area contributed by atoms with Crippen molar-refractivity contribution < 1.29 is 22.7 Å². The van der Waals surface area contributed by atoms with Gasteiger partial charge in [0.25, 0.3) is 0 Å². The fourth-order valence-corrected chi connectivity index (χ4v) is 2.42. The Bertz CT molecular complexity index is 667. The number of alkyl halides is 3. The highest BCUT2D eigenvalue weighted by Gasteiger charge is 2.31. The minimum absolute atomic E-state index is 0.184. The van der Waals surface area contributed by atoms with Crippen molar-refractivity contribution in [3.05, 3.63) is 68.9 Å². The lowest BCUT2D eigenvalue weighted by molar-refractivity contribution is -0.137.